The number of rotatable bonds is 9. The quantitative estimate of drug-likeness (QED) is 0.274. The monoisotopic (exact) mass is 549 g/mol. The molecule has 0 heterocycles. The number of anilines is 1. The van der Waals surface area contributed by atoms with Gasteiger partial charge in [-0.05, 0) is 97.8 Å². The summed E-state index contributed by atoms with van der Waals surface area (Å²) >= 11 is 8.20. The zero-order valence-electron chi connectivity index (χ0n) is 20.3. The van der Waals surface area contributed by atoms with Crippen molar-refractivity contribution < 1.29 is 27.4 Å². The van der Waals surface area contributed by atoms with Gasteiger partial charge in [-0.1, -0.05) is 29.4 Å². The molecule has 196 valence electrons. The van der Waals surface area contributed by atoms with Crippen molar-refractivity contribution in [3.8, 4) is 5.75 Å². The Labute approximate surface area is 223 Å². The Kier molecular flexibility index (Phi) is 8.92. The van der Waals surface area contributed by atoms with Crippen LogP contribution in [0.15, 0.2) is 64.4 Å². The number of benzene rings is 3. The van der Waals surface area contributed by atoms with Gasteiger partial charge >= 0.3 is 12.1 Å². The zero-order valence-corrected chi connectivity index (χ0v) is 21.9. The smallest absolute Gasteiger partial charge is 0.416 e. The molecular formula is C28H27ClF3NO3S. The fourth-order valence-corrected chi connectivity index (χ4v) is 5.54. The minimum atomic E-state index is -4.35. The van der Waals surface area contributed by atoms with Gasteiger partial charge in [0, 0.05) is 22.0 Å². The summed E-state index contributed by atoms with van der Waals surface area (Å²) in [6, 6.07) is 14.6. The third-order valence-electron chi connectivity index (χ3n) is 6.02. The van der Waals surface area contributed by atoms with E-state index >= 15 is 0 Å². The molecule has 0 spiro atoms. The van der Waals surface area contributed by atoms with Crippen molar-refractivity contribution in [2.45, 2.75) is 55.1 Å². The molecule has 1 aliphatic rings. The van der Waals surface area contributed by atoms with Crippen molar-refractivity contribution in [2.75, 3.05) is 18.5 Å². The normalized spacial score (nSPS) is 13.1. The molecule has 0 bridgehead atoms. The van der Waals surface area contributed by atoms with Gasteiger partial charge in [0.1, 0.15) is 5.75 Å². The van der Waals surface area contributed by atoms with E-state index < -0.39 is 11.7 Å². The third-order valence-corrected chi connectivity index (χ3v) is 7.63. The van der Waals surface area contributed by atoms with Crippen LogP contribution in [0.2, 0.25) is 5.02 Å². The van der Waals surface area contributed by atoms with Gasteiger partial charge in [0.2, 0.25) is 0 Å². The second kappa shape index (κ2) is 12.1. The number of esters is 1. The number of hydrogen-bond acceptors (Lipinski definition) is 5. The van der Waals surface area contributed by atoms with Crippen LogP contribution < -0.4 is 10.1 Å². The molecule has 9 heteroatoms. The predicted molar refractivity (Wildman–Crippen MR) is 140 cm³/mol. The molecule has 0 saturated heterocycles. The fourth-order valence-electron chi connectivity index (χ4n) is 4.21. The SMILES string of the molecule is CCOC(=O)COc1ccc(Sc2ccc(CNc3ccc(C(F)(F)F)cc3)cc2Cl)c2c1CCCC2. The summed E-state index contributed by atoms with van der Waals surface area (Å²) in [5, 5.41) is 3.73. The van der Waals surface area contributed by atoms with Gasteiger partial charge in [-0.15, -0.1) is 0 Å². The molecule has 0 aromatic heterocycles. The Morgan fingerprint density at radius 2 is 1.70 bits per heavy atom. The largest absolute Gasteiger partial charge is 0.482 e. The summed E-state index contributed by atoms with van der Waals surface area (Å²) in [7, 11) is 0. The summed E-state index contributed by atoms with van der Waals surface area (Å²) in [6.45, 7) is 2.40. The van der Waals surface area contributed by atoms with Crippen molar-refractivity contribution in [2.24, 2.45) is 0 Å². The van der Waals surface area contributed by atoms with Gasteiger partial charge in [0.25, 0.3) is 0 Å². The van der Waals surface area contributed by atoms with Gasteiger partial charge in [-0.2, -0.15) is 13.2 Å². The summed E-state index contributed by atoms with van der Waals surface area (Å²) in [4.78, 5) is 13.7. The maximum Gasteiger partial charge on any atom is 0.416 e. The Balaban J connectivity index is 1.43. The number of carbonyl (C=O) groups excluding carboxylic acids is 1. The summed E-state index contributed by atoms with van der Waals surface area (Å²) in [6.07, 6.45) is -0.373. The molecule has 37 heavy (non-hydrogen) atoms. The van der Waals surface area contributed by atoms with E-state index in [1.54, 1.807) is 18.7 Å². The first-order valence-electron chi connectivity index (χ1n) is 12.0. The molecule has 0 saturated carbocycles. The van der Waals surface area contributed by atoms with Crippen molar-refractivity contribution in [3.05, 3.63) is 81.9 Å². The number of fused-ring (bicyclic) bond motifs is 1. The van der Waals surface area contributed by atoms with Crippen LogP contribution in [0.4, 0.5) is 18.9 Å². The van der Waals surface area contributed by atoms with Crippen molar-refractivity contribution in [1.29, 1.82) is 0 Å². The topological polar surface area (TPSA) is 47.6 Å². The Morgan fingerprint density at radius 3 is 2.38 bits per heavy atom. The van der Waals surface area contributed by atoms with E-state index in [9.17, 15) is 18.0 Å². The lowest BCUT2D eigenvalue weighted by atomic mass is 9.91. The first-order valence-corrected chi connectivity index (χ1v) is 13.2. The molecule has 3 aromatic carbocycles. The van der Waals surface area contributed by atoms with Crippen LogP contribution >= 0.6 is 23.4 Å². The molecule has 0 aliphatic heterocycles. The molecule has 3 aromatic rings. The Bertz CT molecular complexity index is 1250. The average Bonchev–Trinajstić information content (AvgIpc) is 2.88. The molecule has 0 unspecified atom stereocenters. The maximum absolute atomic E-state index is 12.8. The van der Waals surface area contributed by atoms with Crippen LogP contribution in [0.25, 0.3) is 0 Å². The van der Waals surface area contributed by atoms with Crippen LogP contribution in [0.3, 0.4) is 0 Å². The Hall–Kier alpha value is -2.84. The van der Waals surface area contributed by atoms with E-state index in [4.69, 9.17) is 21.1 Å². The lowest BCUT2D eigenvalue weighted by Crippen LogP contribution is -2.16. The number of carbonyl (C=O) groups is 1. The standard InChI is InChI=1S/C28H27ClF3NO3S/c1-2-35-27(34)17-36-24-12-14-25(22-6-4-3-5-21(22)24)37-26-13-7-18(15-23(26)29)16-33-20-10-8-19(9-11-20)28(30,31)32/h7-15,33H,2-6,16-17H2,1H3. The van der Waals surface area contributed by atoms with Gasteiger partial charge in [0.05, 0.1) is 17.2 Å². The van der Waals surface area contributed by atoms with Crippen LogP contribution in [0.1, 0.15) is 42.0 Å². The highest BCUT2D eigenvalue weighted by molar-refractivity contribution is 7.99. The minimum absolute atomic E-state index is 0.111. The van der Waals surface area contributed by atoms with Crippen LogP contribution in [-0.2, 0) is 35.1 Å². The molecule has 1 aliphatic carbocycles. The van der Waals surface area contributed by atoms with Crippen molar-refractivity contribution in [1.82, 2.24) is 0 Å². The number of nitrogens with one attached hydrogen (secondary N) is 1. The molecule has 0 amide bonds. The van der Waals surface area contributed by atoms with Crippen LogP contribution in [-0.4, -0.2) is 19.2 Å². The molecular weight excluding hydrogens is 523 g/mol. The number of hydrogen-bond donors (Lipinski definition) is 1. The molecule has 4 nitrogen and oxygen atoms in total. The maximum atomic E-state index is 12.8. The highest BCUT2D eigenvalue weighted by Crippen LogP contribution is 2.41. The van der Waals surface area contributed by atoms with Gasteiger partial charge in [-0.25, -0.2) is 4.79 Å². The molecule has 0 radical (unpaired) electrons. The van der Waals surface area contributed by atoms with E-state index in [2.05, 4.69) is 5.32 Å². The van der Waals surface area contributed by atoms with E-state index in [-0.39, 0.29) is 12.6 Å². The Morgan fingerprint density at radius 1 is 1.00 bits per heavy atom. The minimum Gasteiger partial charge on any atom is -0.482 e. The molecule has 0 atom stereocenters. The van der Waals surface area contributed by atoms with Crippen LogP contribution in [0.5, 0.6) is 5.75 Å². The summed E-state index contributed by atoms with van der Waals surface area (Å²) in [5.41, 5.74) is 3.19. The van der Waals surface area contributed by atoms with Crippen LogP contribution in [0, 0.1) is 0 Å². The van der Waals surface area contributed by atoms with Crippen molar-refractivity contribution in [3.63, 3.8) is 0 Å². The first-order chi connectivity index (χ1) is 17.7. The molecule has 4 rings (SSSR count). The van der Waals surface area contributed by atoms with E-state index in [0.717, 1.165) is 64.5 Å². The van der Waals surface area contributed by atoms with Gasteiger partial charge < -0.3 is 14.8 Å². The second-order valence-corrected chi connectivity index (χ2v) is 10.1. The highest BCUT2D eigenvalue weighted by atomic mass is 35.5. The summed E-state index contributed by atoms with van der Waals surface area (Å²) in [5.74, 6) is 0.341. The lowest BCUT2D eigenvalue weighted by molar-refractivity contribution is -0.145. The average molecular weight is 550 g/mol. The fraction of sp³-hybridized carbons (Fsp3) is 0.321. The first kappa shape index (κ1) is 27.2. The van der Waals surface area contributed by atoms with Gasteiger partial charge in [0.15, 0.2) is 6.61 Å². The van der Waals surface area contributed by atoms with E-state index in [0.29, 0.717) is 23.9 Å². The zero-order chi connectivity index (χ0) is 26.4. The highest BCUT2D eigenvalue weighted by Gasteiger charge is 2.30. The number of alkyl halides is 3. The van der Waals surface area contributed by atoms with Crippen molar-refractivity contribution >= 4 is 35.0 Å². The van der Waals surface area contributed by atoms with E-state index in [1.807, 2.05) is 30.3 Å². The van der Waals surface area contributed by atoms with E-state index in [1.165, 1.54) is 17.7 Å². The number of ether oxygens (including phenoxy) is 2. The summed E-state index contributed by atoms with van der Waals surface area (Å²) < 4.78 is 49.0. The van der Waals surface area contributed by atoms with Gasteiger partial charge in [-0.3, -0.25) is 0 Å². The number of halogens is 4. The second-order valence-electron chi connectivity index (χ2n) is 8.62. The molecule has 0 fully saturated rings. The molecule has 1 N–H and O–H groups in total. The lowest BCUT2D eigenvalue weighted by Gasteiger charge is -2.22. The predicted octanol–water partition coefficient (Wildman–Crippen LogP) is 7.94. The third kappa shape index (κ3) is 7.14.